The van der Waals surface area contributed by atoms with E-state index in [4.69, 9.17) is 4.52 Å². The Morgan fingerprint density at radius 2 is 2.00 bits per heavy atom. The Labute approximate surface area is 185 Å². The summed E-state index contributed by atoms with van der Waals surface area (Å²) in [4.78, 5) is 19.9. The van der Waals surface area contributed by atoms with Gasteiger partial charge in [0.1, 0.15) is 17.7 Å². The van der Waals surface area contributed by atoms with Crippen molar-refractivity contribution in [2.75, 3.05) is 19.6 Å². The molecule has 0 spiro atoms. The molecule has 2 aromatic heterocycles. The van der Waals surface area contributed by atoms with E-state index in [0.717, 1.165) is 61.2 Å². The molecule has 8 nitrogen and oxygen atoms in total. The Hall–Kier alpha value is -2.62. The second-order valence-corrected chi connectivity index (χ2v) is 8.72. The Bertz CT molecular complexity index is 1170. The van der Waals surface area contributed by atoms with Gasteiger partial charge in [0.25, 0.3) is 5.56 Å². The quantitative estimate of drug-likeness (QED) is 0.660. The molecule has 1 saturated heterocycles. The number of likely N-dealkylation sites (tertiary alicyclic amines) is 1. The first-order valence-electron chi connectivity index (χ1n) is 11.1. The number of benzene rings is 1. The van der Waals surface area contributed by atoms with Gasteiger partial charge in [0.15, 0.2) is 5.58 Å². The van der Waals surface area contributed by atoms with Crippen molar-refractivity contribution in [1.82, 2.24) is 19.6 Å². The first kappa shape index (κ1) is 22.6. The first-order chi connectivity index (χ1) is 15.0. The molecule has 5 rings (SSSR count). The zero-order valence-corrected chi connectivity index (χ0v) is 18.2. The van der Waals surface area contributed by atoms with E-state index in [2.05, 4.69) is 15.0 Å². The highest BCUT2D eigenvalue weighted by Crippen LogP contribution is 2.32. The first-order valence-corrected chi connectivity index (χ1v) is 11.1. The van der Waals surface area contributed by atoms with Gasteiger partial charge in [-0.1, -0.05) is 5.16 Å². The van der Waals surface area contributed by atoms with Gasteiger partial charge < -0.3 is 20.0 Å². The molecular weight excluding hydrogens is 415 g/mol. The van der Waals surface area contributed by atoms with E-state index in [9.17, 15) is 14.3 Å². The number of piperidine rings is 1. The summed E-state index contributed by atoms with van der Waals surface area (Å²) < 4.78 is 20.4. The third-order valence-corrected chi connectivity index (χ3v) is 6.77. The van der Waals surface area contributed by atoms with Crippen molar-refractivity contribution in [3.05, 3.63) is 57.1 Å². The lowest BCUT2D eigenvalue weighted by Crippen LogP contribution is -2.37. The highest BCUT2D eigenvalue weighted by Gasteiger charge is 2.26. The van der Waals surface area contributed by atoms with Crippen LogP contribution in [0.4, 0.5) is 4.39 Å². The molecule has 9 heteroatoms. The molecule has 3 N–H and O–H groups in total. The largest absolute Gasteiger partial charge is 0.412 e. The summed E-state index contributed by atoms with van der Waals surface area (Å²) in [5.41, 5.74) is 2.90. The maximum Gasteiger partial charge on any atom is 0.257 e. The fraction of sp³-hybridized carbons (Fsp3) is 0.522. The van der Waals surface area contributed by atoms with Gasteiger partial charge in [-0.15, -0.1) is 0 Å². The summed E-state index contributed by atoms with van der Waals surface area (Å²) in [6.45, 7) is 5.13. The van der Waals surface area contributed by atoms with Crippen LogP contribution in [-0.2, 0) is 13.0 Å². The minimum Gasteiger partial charge on any atom is -0.412 e. The van der Waals surface area contributed by atoms with Gasteiger partial charge in [0, 0.05) is 41.7 Å². The number of nitrogens with zero attached hydrogens (tertiary/aromatic N) is 4. The van der Waals surface area contributed by atoms with Crippen LogP contribution in [0.3, 0.4) is 0 Å². The standard InChI is InChI=1S/C23H27FN4O3.H2O/c1-14-17(23(30)28-9-2-3-19(29)22(28)25-14)8-12-27-10-6-15(7-11-27)21-18-5-4-16(24)13-20(18)31-26-21;/h4-5,13,15,19,29H,2-3,6-12H2,1H3;1H2. The van der Waals surface area contributed by atoms with Crippen LogP contribution in [-0.4, -0.2) is 49.8 Å². The van der Waals surface area contributed by atoms with Gasteiger partial charge in [-0.2, -0.15) is 0 Å². The maximum atomic E-state index is 13.4. The Morgan fingerprint density at radius 3 is 2.78 bits per heavy atom. The number of aryl methyl sites for hydroxylation is 1. The van der Waals surface area contributed by atoms with Crippen molar-refractivity contribution in [3.8, 4) is 0 Å². The molecule has 1 unspecified atom stereocenters. The Balaban J connectivity index is 0.00000245. The van der Waals surface area contributed by atoms with Gasteiger partial charge in [0.2, 0.25) is 0 Å². The van der Waals surface area contributed by atoms with Crippen LogP contribution in [0.25, 0.3) is 11.0 Å². The highest BCUT2D eigenvalue weighted by molar-refractivity contribution is 5.79. The highest BCUT2D eigenvalue weighted by atomic mass is 19.1. The van der Waals surface area contributed by atoms with Crippen LogP contribution in [0.5, 0.6) is 0 Å². The van der Waals surface area contributed by atoms with Crippen molar-refractivity contribution in [1.29, 1.82) is 0 Å². The Kier molecular flexibility index (Phi) is 6.41. The van der Waals surface area contributed by atoms with Crippen LogP contribution in [0.2, 0.25) is 0 Å². The molecule has 2 aliphatic heterocycles. The number of rotatable bonds is 4. The number of aliphatic hydroxyl groups excluding tert-OH is 1. The number of hydrogen-bond donors (Lipinski definition) is 1. The number of fused-ring (bicyclic) bond motifs is 2. The zero-order chi connectivity index (χ0) is 21.5. The van der Waals surface area contributed by atoms with Crippen LogP contribution in [0.1, 0.15) is 60.5 Å². The lowest BCUT2D eigenvalue weighted by Gasteiger charge is -2.31. The lowest BCUT2D eigenvalue weighted by molar-refractivity contribution is 0.129. The summed E-state index contributed by atoms with van der Waals surface area (Å²) in [6, 6.07) is 4.58. The van der Waals surface area contributed by atoms with Gasteiger partial charge in [-0.3, -0.25) is 9.36 Å². The van der Waals surface area contributed by atoms with E-state index < -0.39 is 6.10 Å². The molecule has 4 heterocycles. The van der Waals surface area contributed by atoms with Crippen molar-refractivity contribution >= 4 is 11.0 Å². The third-order valence-electron chi connectivity index (χ3n) is 6.77. The molecule has 0 radical (unpaired) electrons. The van der Waals surface area contributed by atoms with E-state index in [0.29, 0.717) is 36.7 Å². The number of aliphatic hydroxyl groups is 1. The van der Waals surface area contributed by atoms with E-state index >= 15 is 0 Å². The van der Waals surface area contributed by atoms with Crippen LogP contribution >= 0.6 is 0 Å². The van der Waals surface area contributed by atoms with Crippen LogP contribution < -0.4 is 5.56 Å². The zero-order valence-electron chi connectivity index (χ0n) is 18.2. The molecule has 32 heavy (non-hydrogen) atoms. The summed E-state index contributed by atoms with van der Waals surface area (Å²) in [6.07, 6.45) is 3.38. The van der Waals surface area contributed by atoms with Gasteiger partial charge >= 0.3 is 0 Å². The molecule has 0 amide bonds. The van der Waals surface area contributed by atoms with Crippen LogP contribution in [0.15, 0.2) is 27.5 Å². The van der Waals surface area contributed by atoms with Crippen LogP contribution in [0, 0.1) is 12.7 Å². The monoisotopic (exact) mass is 444 g/mol. The topological polar surface area (TPSA) is 116 Å². The molecule has 1 aromatic carbocycles. The van der Waals surface area contributed by atoms with E-state index in [1.54, 1.807) is 10.6 Å². The Morgan fingerprint density at radius 1 is 1.22 bits per heavy atom. The summed E-state index contributed by atoms with van der Waals surface area (Å²) in [5, 5.41) is 15.3. The van der Waals surface area contributed by atoms with Gasteiger partial charge in [-0.05, 0) is 64.3 Å². The van der Waals surface area contributed by atoms with Gasteiger partial charge in [0.05, 0.1) is 5.69 Å². The SMILES string of the molecule is Cc1nc2n(c(=O)c1CCN1CCC(c3noc4cc(F)ccc34)CC1)CCCC2O.O. The fourth-order valence-corrected chi connectivity index (χ4v) is 4.98. The smallest absolute Gasteiger partial charge is 0.257 e. The molecule has 0 aliphatic carbocycles. The maximum absolute atomic E-state index is 13.4. The lowest BCUT2D eigenvalue weighted by atomic mass is 9.91. The van der Waals surface area contributed by atoms with Crippen molar-refractivity contribution in [3.63, 3.8) is 0 Å². The molecule has 0 saturated carbocycles. The minimum absolute atomic E-state index is 0. The molecule has 1 atom stereocenters. The molecule has 3 aromatic rings. The number of hydrogen-bond acceptors (Lipinski definition) is 6. The second-order valence-electron chi connectivity index (χ2n) is 8.72. The fourth-order valence-electron chi connectivity index (χ4n) is 4.98. The average Bonchev–Trinajstić information content (AvgIpc) is 3.18. The van der Waals surface area contributed by atoms with Crippen molar-refractivity contribution < 1.29 is 19.5 Å². The normalized spacial score (nSPS) is 19.7. The van der Waals surface area contributed by atoms with E-state index in [1.807, 2.05) is 6.92 Å². The van der Waals surface area contributed by atoms with Gasteiger partial charge in [-0.25, -0.2) is 9.37 Å². The van der Waals surface area contributed by atoms with Crippen molar-refractivity contribution in [2.45, 2.75) is 57.6 Å². The summed E-state index contributed by atoms with van der Waals surface area (Å²) in [5.74, 6) is 0.489. The molecule has 0 bridgehead atoms. The summed E-state index contributed by atoms with van der Waals surface area (Å²) >= 11 is 0. The average molecular weight is 445 g/mol. The molecular formula is C23H29FN4O4. The predicted octanol–water partition coefficient (Wildman–Crippen LogP) is 2.26. The summed E-state index contributed by atoms with van der Waals surface area (Å²) in [7, 11) is 0. The van der Waals surface area contributed by atoms with Crippen molar-refractivity contribution in [2.24, 2.45) is 0 Å². The number of aromatic nitrogens is 3. The third kappa shape index (κ3) is 4.07. The predicted molar refractivity (Wildman–Crippen MR) is 117 cm³/mol. The van der Waals surface area contributed by atoms with E-state index in [-0.39, 0.29) is 16.9 Å². The second kappa shape index (κ2) is 9.09. The number of halogens is 1. The molecule has 172 valence electrons. The van der Waals surface area contributed by atoms with E-state index in [1.165, 1.54) is 12.1 Å². The minimum atomic E-state index is -0.641. The molecule has 2 aliphatic rings. The molecule has 1 fully saturated rings.